The zero-order chi connectivity index (χ0) is 15.1. The van der Waals surface area contributed by atoms with Crippen molar-refractivity contribution < 1.29 is 23.5 Å². The van der Waals surface area contributed by atoms with Crippen LogP contribution in [0.3, 0.4) is 0 Å². The number of carbonyl (C=O) groups is 2. The number of benzene rings is 1. The zero-order valence-corrected chi connectivity index (χ0v) is 11.0. The van der Waals surface area contributed by atoms with E-state index in [1.165, 1.54) is 0 Å². The van der Waals surface area contributed by atoms with Crippen molar-refractivity contribution in [3.8, 4) is 0 Å². The van der Waals surface area contributed by atoms with Crippen LogP contribution in [0.15, 0.2) is 12.1 Å². The van der Waals surface area contributed by atoms with Gasteiger partial charge in [-0.15, -0.1) is 0 Å². The van der Waals surface area contributed by atoms with E-state index in [-0.39, 0.29) is 18.9 Å². The van der Waals surface area contributed by atoms with Gasteiger partial charge in [0.25, 0.3) is 0 Å². The normalized spacial score (nSPS) is 10.2. The van der Waals surface area contributed by atoms with Crippen molar-refractivity contribution in [2.45, 2.75) is 19.8 Å². The number of nitrogens with one attached hydrogen (secondary N) is 2. The third kappa shape index (κ3) is 4.49. The molecule has 0 radical (unpaired) electrons. The number of carboxylic acid groups (broad SMARTS) is 1. The Morgan fingerprint density at radius 3 is 2.30 bits per heavy atom. The molecule has 0 spiro atoms. The maximum atomic E-state index is 13.5. The summed E-state index contributed by atoms with van der Waals surface area (Å²) in [6.45, 7) is 2.51. The average molecular weight is 286 g/mol. The second-order valence-electron chi connectivity index (χ2n) is 4.15. The predicted molar refractivity (Wildman–Crippen MR) is 69.7 cm³/mol. The summed E-state index contributed by atoms with van der Waals surface area (Å²) in [4.78, 5) is 21.9. The Hall–Kier alpha value is -2.18. The van der Waals surface area contributed by atoms with E-state index in [1.54, 1.807) is 0 Å². The van der Waals surface area contributed by atoms with Crippen molar-refractivity contribution in [3.05, 3.63) is 29.3 Å². The number of rotatable bonds is 7. The lowest BCUT2D eigenvalue weighted by Gasteiger charge is -2.09. The Morgan fingerprint density at radius 2 is 1.80 bits per heavy atom. The molecule has 0 aliphatic heterocycles. The lowest BCUT2D eigenvalue weighted by Crippen LogP contribution is -2.26. The first-order valence-corrected chi connectivity index (χ1v) is 6.18. The fourth-order valence-electron chi connectivity index (χ4n) is 1.52. The van der Waals surface area contributed by atoms with Crippen LogP contribution in [0.4, 0.5) is 14.5 Å². The van der Waals surface area contributed by atoms with Gasteiger partial charge in [0.1, 0.15) is 17.3 Å². The van der Waals surface area contributed by atoms with Gasteiger partial charge in [0.15, 0.2) is 0 Å². The van der Waals surface area contributed by atoms with E-state index < -0.39 is 28.9 Å². The van der Waals surface area contributed by atoms with Gasteiger partial charge in [-0.3, -0.25) is 4.79 Å². The van der Waals surface area contributed by atoms with E-state index in [0.29, 0.717) is 6.54 Å². The molecule has 3 N–H and O–H groups in total. The maximum absolute atomic E-state index is 13.5. The Kier molecular flexibility index (Phi) is 5.89. The van der Waals surface area contributed by atoms with E-state index in [4.69, 9.17) is 5.11 Å². The van der Waals surface area contributed by atoms with Crippen LogP contribution >= 0.6 is 0 Å². The molecule has 1 aromatic rings. The molecule has 0 atom stereocenters. The van der Waals surface area contributed by atoms with Gasteiger partial charge >= 0.3 is 5.97 Å². The van der Waals surface area contributed by atoms with Gasteiger partial charge in [0.05, 0.1) is 5.56 Å². The molecule has 0 aliphatic carbocycles. The molecule has 5 nitrogen and oxygen atoms in total. The molecule has 1 aromatic carbocycles. The number of carboxylic acids is 1. The lowest BCUT2D eigenvalue weighted by atomic mass is 10.2. The molecule has 0 aliphatic rings. The van der Waals surface area contributed by atoms with Crippen molar-refractivity contribution in [2.75, 3.05) is 18.4 Å². The van der Waals surface area contributed by atoms with Crippen molar-refractivity contribution >= 4 is 17.6 Å². The molecular formula is C13H16F2N2O3. The summed E-state index contributed by atoms with van der Waals surface area (Å²) >= 11 is 0. The third-order valence-electron chi connectivity index (χ3n) is 2.52. The minimum atomic E-state index is -1.41. The van der Waals surface area contributed by atoms with Gasteiger partial charge in [0.2, 0.25) is 5.91 Å². The zero-order valence-electron chi connectivity index (χ0n) is 11.0. The molecule has 0 fully saturated rings. The summed E-state index contributed by atoms with van der Waals surface area (Å²) < 4.78 is 27.1. The highest BCUT2D eigenvalue weighted by molar-refractivity contribution is 5.88. The number of aromatic carboxylic acids is 1. The number of anilines is 1. The van der Waals surface area contributed by atoms with Gasteiger partial charge < -0.3 is 15.7 Å². The van der Waals surface area contributed by atoms with Crippen LogP contribution < -0.4 is 10.6 Å². The predicted octanol–water partition coefficient (Wildman–Crippen LogP) is 1.99. The van der Waals surface area contributed by atoms with E-state index in [2.05, 4.69) is 10.6 Å². The van der Waals surface area contributed by atoms with Crippen molar-refractivity contribution in [1.82, 2.24) is 5.32 Å². The summed E-state index contributed by atoms with van der Waals surface area (Å²) in [5, 5.41) is 13.7. The lowest BCUT2D eigenvalue weighted by molar-refractivity contribution is -0.120. The second-order valence-corrected chi connectivity index (χ2v) is 4.15. The average Bonchev–Trinajstić information content (AvgIpc) is 2.39. The fraction of sp³-hybridized carbons (Fsp3) is 0.385. The smallest absolute Gasteiger partial charge is 0.335 e. The number of amides is 1. The maximum Gasteiger partial charge on any atom is 0.335 e. The summed E-state index contributed by atoms with van der Waals surface area (Å²) in [5.41, 5.74) is -0.899. The molecular weight excluding hydrogens is 270 g/mol. The fourth-order valence-corrected chi connectivity index (χ4v) is 1.52. The molecule has 20 heavy (non-hydrogen) atoms. The molecule has 0 saturated carbocycles. The van der Waals surface area contributed by atoms with Crippen LogP contribution in [-0.2, 0) is 4.79 Å². The van der Waals surface area contributed by atoms with Crippen LogP contribution in [0.2, 0.25) is 0 Å². The van der Waals surface area contributed by atoms with Crippen LogP contribution in [0, 0.1) is 11.6 Å². The molecule has 0 aromatic heterocycles. The summed E-state index contributed by atoms with van der Waals surface area (Å²) in [6.07, 6.45) is 0.874. The van der Waals surface area contributed by atoms with Gasteiger partial charge in [-0.1, -0.05) is 6.92 Å². The molecule has 0 bridgehead atoms. The van der Waals surface area contributed by atoms with E-state index in [9.17, 15) is 18.4 Å². The second kappa shape index (κ2) is 7.42. The monoisotopic (exact) mass is 286 g/mol. The number of halogens is 2. The first-order valence-electron chi connectivity index (χ1n) is 6.18. The Morgan fingerprint density at radius 1 is 1.20 bits per heavy atom. The quantitative estimate of drug-likeness (QED) is 0.716. The number of hydrogen-bond acceptors (Lipinski definition) is 3. The molecule has 110 valence electrons. The molecule has 0 unspecified atom stereocenters. The van der Waals surface area contributed by atoms with E-state index in [0.717, 1.165) is 18.6 Å². The first kappa shape index (κ1) is 15.9. The van der Waals surface area contributed by atoms with Crippen LogP contribution in [0.5, 0.6) is 0 Å². The van der Waals surface area contributed by atoms with E-state index >= 15 is 0 Å². The largest absolute Gasteiger partial charge is 0.478 e. The Balaban J connectivity index is 2.60. The summed E-state index contributed by atoms with van der Waals surface area (Å²) in [5.74, 6) is -3.64. The molecule has 1 rings (SSSR count). The topological polar surface area (TPSA) is 78.4 Å². The highest BCUT2D eigenvalue weighted by atomic mass is 19.1. The van der Waals surface area contributed by atoms with Gasteiger partial charge in [-0.05, 0) is 18.6 Å². The molecule has 1 amide bonds. The molecule has 0 heterocycles. The number of hydrogen-bond donors (Lipinski definition) is 3. The Bertz CT molecular complexity index is 483. The van der Waals surface area contributed by atoms with Crippen LogP contribution in [0.25, 0.3) is 0 Å². The van der Waals surface area contributed by atoms with Crippen molar-refractivity contribution in [3.63, 3.8) is 0 Å². The van der Waals surface area contributed by atoms with Crippen LogP contribution in [-0.4, -0.2) is 30.1 Å². The molecule has 7 heteroatoms. The van der Waals surface area contributed by atoms with Gasteiger partial charge in [-0.2, -0.15) is 0 Å². The minimum Gasteiger partial charge on any atom is -0.478 e. The van der Waals surface area contributed by atoms with E-state index in [1.807, 2.05) is 6.92 Å². The van der Waals surface area contributed by atoms with Gasteiger partial charge in [-0.25, -0.2) is 13.6 Å². The summed E-state index contributed by atoms with van der Waals surface area (Å²) in [7, 11) is 0. The SMILES string of the molecule is CCCNC(=O)CCNc1c(F)cc(C(=O)O)cc1F. The standard InChI is InChI=1S/C13H16F2N2O3/c1-2-4-16-11(18)3-5-17-12-9(14)6-8(13(19)20)7-10(12)15/h6-7,17H,2-5H2,1H3,(H,16,18)(H,19,20). The highest BCUT2D eigenvalue weighted by Gasteiger charge is 2.14. The first-order chi connectivity index (χ1) is 9.45. The third-order valence-corrected chi connectivity index (χ3v) is 2.52. The Labute approximate surface area is 115 Å². The minimum absolute atomic E-state index is 0.0514. The van der Waals surface area contributed by atoms with Crippen molar-refractivity contribution in [2.24, 2.45) is 0 Å². The van der Waals surface area contributed by atoms with Crippen molar-refractivity contribution in [1.29, 1.82) is 0 Å². The van der Waals surface area contributed by atoms with Crippen LogP contribution in [0.1, 0.15) is 30.1 Å². The summed E-state index contributed by atoms with van der Waals surface area (Å²) in [6, 6.07) is 1.45. The highest BCUT2D eigenvalue weighted by Crippen LogP contribution is 2.20. The van der Waals surface area contributed by atoms with Gasteiger partial charge in [0, 0.05) is 19.5 Å². The molecule has 0 saturated heterocycles. The number of carbonyl (C=O) groups excluding carboxylic acids is 1.